The summed E-state index contributed by atoms with van der Waals surface area (Å²) in [7, 11) is 0. The van der Waals surface area contributed by atoms with Crippen LogP contribution in [0.1, 0.15) is 26.5 Å². The van der Waals surface area contributed by atoms with E-state index in [0.717, 1.165) is 15.9 Å². The Labute approximate surface area is 138 Å². The van der Waals surface area contributed by atoms with E-state index in [9.17, 15) is 0 Å². The maximum absolute atomic E-state index is 6.19. The Hall–Kier alpha value is -1.10. The Bertz CT molecular complexity index is 626. The van der Waals surface area contributed by atoms with Gasteiger partial charge in [0, 0.05) is 18.2 Å². The van der Waals surface area contributed by atoms with Crippen molar-refractivity contribution in [1.82, 2.24) is 10.3 Å². The number of nitrogens with one attached hydrogen (secondary N) is 1. The molecule has 0 saturated carbocycles. The molecule has 0 fully saturated rings. The molecule has 112 valence electrons. The highest BCUT2D eigenvalue weighted by Gasteiger charge is 2.12. The zero-order chi connectivity index (χ0) is 15.5. The van der Waals surface area contributed by atoms with Gasteiger partial charge in [-0.25, -0.2) is 4.98 Å². The Morgan fingerprint density at radius 2 is 1.90 bits per heavy atom. The Balaban J connectivity index is 2.17. The van der Waals surface area contributed by atoms with E-state index in [1.54, 1.807) is 12.1 Å². The Kier molecular flexibility index (Phi) is 5.25. The lowest BCUT2D eigenvalue weighted by atomic mass is 10.1. The van der Waals surface area contributed by atoms with Gasteiger partial charge in [0.1, 0.15) is 5.75 Å². The van der Waals surface area contributed by atoms with E-state index in [1.807, 2.05) is 24.3 Å². The second-order valence-corrected chi connectivity index (χ2v) is 6.98. The summed E-state index contributed by atoms with van der Waals surface area (Å²) in [6.45, 7) is 6.89. The Morgan fingerprint density at radius 3 is 2.57 bits per heavy atom. The van der Waals surface area contributed by atoms with Gasteiger partial charge in [-0.1, -0.05) is 23.7 Å². The van der Waals surface area contributed by atoms with Gasteiger partial charge in [-0.15, -0.1) is 0 Å². The number of aromatic nitrogens is 1. The number of para-hydroxylation sites is 1. The van der Waals surface area contributed by atoms with Gasteiger partial charge < -0.3 is 10.1 Å². The summed E-state index contributed by atoms with van der Waals surface area (Å²) < 4.78 is 6.68. The summed E-state index contributed by atoms with van der Waals surface area (Å²) in [5.74, 6) is 1.25. The van der Waals surface area contributed by atoms with Crippen molar-refractivity contribution in [2.75, 3.05) is 0 Å². The van der Waals surface area contributed by atoms with Crippen LogP contribution in [-0.2, 0) is 6.54 Å². The van der Waals surface area contributed by atoms with E-state index in [0.29, 0.717) is 17.4 Å². The van der Waals surface area contributed by atoms with E-state index in [4.69, 9.17) is 16.3 Å². The number of pyridine rings is 1. The fourth-order valence-corrected chi connectivity index (χ4v) is 2.17. The van der Waals surface area contributed by atoms with Crippen molar-refractivity contribution in [2.45, 2.75) is 32.9 Å². The molecule has 1 aromatic carbocycles. The van der Waals surface area contributed by atoms with E-state index in [-0.39, 0.29) is 5.54 Å². The average Bonchev–Trinajstić information content (AvgIpc) is 2.41. The van der Waals surface area contributed by atoms with E-state index < -0.39 is 0 Å². The van der Waals surface area contributed by atoms with Crippen molar-refractivity contribution in [3.05, 3.63) is 51.6 Å². The smallest absolute Gasteiger partial charge is 0.219 e. The lowest BCUT2D eigenvalue weighted by Crippen LogP contribution is -2.35. The van der Waals surface area contributed by atoms with Crippen molar-refractivity contribution in [1.29, 1.82) is 0 Å². The predicted molar refractivity (Wildman–Crippen MR) is 90.1 cm³/mol. The number of nitrogens with zero attached hydrogens (tertiary/aromatic N) is 1. The van der Waals surface area contributed by atoms with E-state index in [2.05, 4.69) is 47.0 Å². The normalized spacial score (nSPS) is 11.5. The van der Waals surface area contributed by atoms with Crippen molar-refractivity contribution < 1.29 is 4.74 Å². The largest absolute Gasteiger partial charge is 0.438 e. The number of halogens is 2. The summed E-state index contributed by atoms with van der Waals surface area (Å²) in [5.41, 5.74) is 0.779. The minimum atomic E-state index is 0.00429. The van der Waals surface area contributed by atoms with Crippen LogP contribution in [0.15, 0.2) is 40.9 Å². The lowest BCUT2D eigenvalue weighted by molar-refractivity contribution is 0.415. The van der Waals surface area contributed by atoms with Crippen LogP contribution in [-0.4, -0.2) is 10.5 Å². The second kappa shape index (κ2) is 6.77. The van der Waals surface area contributed by atoms with Crippen molar-refractivity contribution in [2.24, 2.45) is 0 Å². The second-order valence-electron chi connectivity index (χ2n) is 5.71. The van der Waals surface area contributed by atoms with Crippen LogP contribution in [0.3, 0.4) is 0 Å². The maximum Gasteiger partial charge on any atom is 0.219 e. The van der Waals surface area contributed by atoms with Crippen LogP contribution in [0.25, 0.3) is 0 Å². The molecule has 0 aliphatic carbocycles. The molecule has 0 unspecified atom stereocenters. The first kappa shape index (κ1) is 16.3. The molecule has 0 radical (unpaired) electrons. The molecule has 1 N–H and O–H groups in total. The van der Waals surface area contributed by atoms with Gasteiger partial charge in [0.15, 0.2) is 0 Å². The van der Waals surface area contributed by atoms with Crippen molar-refractivity contribution in [3.8, 4) is 11.6 Å². The van der Waals surface area contributed by atoms with E-state index in [1.165, 1.54) is 0 Å². The molecule has 1 heterocycles. The average molecular weight is 370 g/mol. The quantitative estimate of drug-likeness (QED) is 0.806. The van der Waals surface area contributed by atoms with Gasteiger partial charge in [-0.3, -0.25) is 0 Å². The standard InChI is InChI=1S/C16H18BrClN2O/c1-16(2,3)19-10-13-12(18)8-9-15(20-13)21-14-7-5-4-6-11(14)17/h4-9,19H,10H2,1-3H3. The minimum Gasteiger partial charge on any atom is -0.438 e. The first-order valence-electron chi connectivity index (χ1n) is 6.68. The van der Waals surface area contributed by atoms with E-state index >= 15 is 0 Å². The third kappa shape index (κ3) is 4.99. The van der Waals surface area contributed by atoms with Gasteiger partial charge in [0.05, 0.1) is 15.2 Å². The predicted octanol–water partition coefficient (Wildman–Crippen LogP) is 5.18. The summed E-state index contributed by atoms with van der Waals surface area (Å²) in [5, 5.41) is 4.00. The molecule has 0 spiro atoms. The highest BCUT2D eigenvalue weighted by molar-refractivity contribution is 9.10. The summed E-state index contributed by atoms with van der Waals surface area (Å²) in [4.78, 5) is 4.47. The molecule has 0 saturated heterocycles. The van der Waals surface area contributed by atoms with Crippen LogP contribution in [0.4, 0.5) is 0 Å². The molecule has 1 aromatic heterocycles. The number of hydrogen-bond acceptors (Lipinski definition) is 3. The van der Waals surface area contributed by atoms with Gasteiger partial charge >= 0.3 is 0 Å². The molecule has 0 bridgehead atoms. The molecule has 0 atom stereocenters. The molecule has 0 aliphatic rings. The molecule has 0 amide bonds. The van der Waals surface area contributed by atoms with Crippen molar-refractivity contribution >= 4 is 27.5 Å². The zero-order valence-electron chi connectivity index (χ0n) is 12.3. The van der Waals surface area contributed by atoms with Crippen LogP contribution in [0.5, 0.6) is 11.6 Å². The van der Waals surface area contributed by atoms with Crippen LogP contribution >= 0.6 is 27.5 Å². The molecule has 3 nitrogen and oxygen atoms in total. The van der Waals surface area contributed by atoms with Gasteiger partial charge in [-0.05, 0) is 54.9 Å². The SMILES string of the molecule is CC(C)(C)NCc1nc(Oc2ccccc2Br)ccc1Cl. The van der Waals surface area contributed by atoms with Gasteiger partial charge in [0.2, 0.25) is 5.88 Å². The fourth-order valence-electron chi connectivity index (χ4n) is 1.63. The highest BCUT2D eigenvalue weighted by Crippen LogP contribution is 2.29. The number of ether oxygens (including phenoxy) is 1. The van der Waals surface area contributed by atoms with Gasteiger partial charge in [0.25, 0.3) is 0 Å². The molecule has 2 aromatic rings. The third-order valence-electron chi connectivity index (χ3n) is 2.73. The fraction of sp³-hybridized carbons (Fsp3) is 0.312. The monoisotopic (exact) mass is 368 g/mol. The number of rotatable bonds is 4. The van der Waals surface area contributed by atoms with Gasteiger partial charge in [-0.2, -0.15) is 0 Å². The molecule has 0 aliphatic heterocycles. The van der Waals surface area contributed by atoms with Crippen LogP contribution in [0, 0.1) is 0 Å². The molecular weight excluding hydrogens is 352 g/mol. The Morgan fingerprint density at radius 1 is 1.19 bits per heavy atom. The maximum atomic E-state index is 6.19. The third-order valence-corrected chi connectivity index (χ3v) is 3.73. The van der Waals surface area contributed by atoms with Crippen molar-refractivity contribution in [3.63, 3.8) is 0 Å². The summed E-state index contributed by atoms with van der Waals surface area (Å²) in [6.07, 6.45) is 0. The molecule has 21 heavy (non-hydrogen) atoms. The first-order chi connectivity index (χ1) is 9.85. The summed E-state index contributed by atoms with van der Waals surface area (Å²) in [6, 6.07) is 11.2. The van der Waals surface area contributed by atoms with Crippen LogP contribution < -0.4 is 10.1 Å². The minimum absolute atomic E-state index is 0.00429. The topological polar surface area (TPSA) is 34.2 Å². The first-order valence-corrected chi connectivity index (χ1v) is 7.85. The number of benzene rings is 1. The summed E-state index contributed by atoms with van der Waals surface area (Å²) >= 11 is 9.64. The lowest BCUT2D eigenvalue weighted by Gasteiger charge is -2.20. The highest BCUT2D eigenvalue weighted by atomic mass is 79.9. The molecule has 5 heteroatoms. The van der Waals surface area contributed by atoms with Crippen LogP contribution in [0.2, 0.25) is 5.02 Å². The molecule has 2 rings (SSSR count). The number of hydrogen-bond donors (Lipinski definition) is 1. The molecular formula is C16H18BrClN2O. The zero-order valence-corrected chi connectivity index (χ0v) is 14.6.